The van der Waals surface area contributed by atoms with Gasteiger partial charge in [-0.2, -0.15) is 0 Å². The molecule has 1 heterocycles. The molecule has 0 aliphatic heterocycles. The lowest BCUT2D eigenvalue weighted by Crippen LogP contribution is -2.15. The number of carbonyl (C=O) groups is 2. The van der Waals surface area contributed by atoms with Crippen LogP contribution in [0.15, 0.2) is 45.5 Å². The highest BCUT2D eigenvalue weighted by molar-refractivity contribution is 9.10. The quantitative estimate of drug-likeness (QED) is 0.793. The van der Waals surface area contributed by atoms with E-state index in [4.69, 9.17) is 13.9 Å². The number of hydrogen-bond acceptors (Lipinski definition) is 5. The summed E-state index contributed by atoms with van der Waals surface area (Å²) in [5.41, 5.74) is 0.527. The summed E-state index contributed by atoms with van der Waals surface area (Å²) in [6, 6.07) is 9.88. The van der Waals surface area contributed by atoms with Crippen molar-refractivity contribution in [2.45, 2.75) is 6.92 Å². The fourth-order valence-electron chi connectivity index (χ4n) is 1.64. The largest absolute Gasteiger partial charge is 0.482 e. The van der Waals surface area contributed by atoms with E-state index >= 15 is 0 Å². The topological polar surface area (TPSA) is 77.8 Å². The zero-order valence-electron chi connectivity index (χ0n) is 11.8. The predicted octanol–water partition coefficient (Wildman–Crippen LogP) is 3.24. The molecule has 0 aliphatic carbocycles. The monoisotopic (exact) mass is 367 g/mol. The first-order chi connectivity index (χ1) is 10.6. The second kappa shape index (κ2) is 7.65. The molecule has 0 saturated heterocycles. The molecule has 1 aromatic carbocycles. The Balaban J connectivity index is 1.96. The fourth-order valence-corrected chi connectivity index (χ4v) is 1.94. The van der Waals surface area contributed by atoms with E-state index in [9.17, 15) is 9.59 Å². The Kier molecular flexibility index (Phi) is 5.60. The van der Waals surface area contributed by atoms with Crippen LogP contribution in [0.3, 0.4) is 0 Å². The highest BCUT2D eigenvalue weighted by Crippen LogP contribution is 2.19. The lowest BCUT2D eigenvalue weighted by molar-refractivity contribution is -0.145. The molecule has 0 bridgehead atoms. The maximum absolute atomic E-state index is 11.9. The summed E-state index contributed by atoms with van der Waals surface area (Å²) in [6.07, 6.45) is 0. The summed E-state index contributed by atoms with van der Waals surface area (Å²) >= 11 is 3.13. The average Bonchev–Trinajstić information content (AvgIpc) is 2.93. The van der Waals surface area contributed by atoms with Crippen molar-refractivity contribution in [2.24, 2.45) is 0 Å². The van der Waals surface area contributed by atoms with Gasteiger partial charge in [-0.3, -0.25) is 4.79 Å². The number of nitrogens with one attached hydrogen (secondary N) is 1. The van der Waals surface area contributed by atoms with Crippen LogP contribution in [0.2, 0.25) is 0 Å². The first-order valence-corrected chi connectivity index (χ1v) is 7.33. The van der Waals surface area contributed by atoms with Gasteiger partial charge in [-0.15, -0.1) is 0 Å². The molecule has 0 radical (unpaired) electrons. The molecule has 1 aromatic heterocycles. The van der Waals surface area contributed by atoms with Crippen LogP contribution in [0, 0.1) is 0 Å². The maximum Gasteiger partial charge on any atom is 0.344 e. The standard InChI is InChI=1S/C15H14BrNO5/c1-2-20-14(18)9-21-11-5-3-4-10(8-11)17-15(19)12-6-7-13(16)22-12/h3-8H,2,9H2,1H3,(H,17,19). The molecule has 1 N–H and O–H groups in total. The Morgan fingerprint density at radius 3 is 2.77 bits per heavy atom. The van der Waals surface area contributed by atoms with Crippen LogP contribution in [-0.4, -0.2) is 25.1 Å². The highest BCUT2D eigenvalue weighted by atomic mass is 79.9. The molecule has 116 valence electrons. The summed E-state index contributed by atoms with van der Waals surface area (Å²) in [5, 5.41) is 2.68. The minimum atomic E-state index is -0.447. The van der Waals surface area contributed by atoms with Crippen LogP contribution in [0.5, 0.6) is 5.75 Å². The molecule has 0 saturated carbocycles. The summed E-state index contributed by atoms with van der Waals surface area (Å²) in [7, 11) is 0. The SMILES string of the molecule is CCOC(=O)COc1cccc(NC(=O)c2ccc(Br)o2)c1. The minimum absolute atomic E-state index is 0.184. The average molecular weight is 368 g/mol. The van der Waals surface area contributed by atoms with E-state index in [0.717, 1.165) is 0 Å². The van der Waals surface area contributed by atoms with Gasteiger partial charge in [-0.25, -0.2) is 4.79 Å². The molecule has 0 unspecified atom stereocenters. The summed E-state index contributed by atoms with van der Waals surface area (Å²) in [5.74, 6) is -0.193. The van der Waals surface area contributed by atoms with Crippen molar-refractivity contribution >= 4 is 33.5 Å². The minimum Gasteiger partial charge on any atom is -0.482 e. The van der Waals surface area contributed by atoms with Crippen LogP contribution in [0.1, 0.15) is 17.5 Å². The Morgan fingerprint density at radius 2 is 2.09 bits per heavy atom. The fraction of sp³-hybridized carbons (Fsp3) is 0.200. The number of halogens is 1. The normalized spacial score (nSPS) is 10.1. The Hall–Kier alpha value is -2.28. The van der Waals surface area contributed by atoms with E-state index in [2.05, 4.69) is 21.2 Å². The van der Waals surface area contributed by atoms with Gasteiger partial charge in [-0.1, -0.05) is 6.07 Å². The van der Waals surface area contributed by atoms with Crippen molar-refractivity contribution in [2.75, 3.05) is 18.5 Å². The van der Waals surface area contributed by atoms with E-state index in [1.165, 1.54) is 0 Å². The molecular formula is C15H14BrNO5. The first kappa shape index (κ1) is 16.1. The molecule has 0 atom stereocenters. The van der Waals surface area contributed by atoms with E-state index in [1.807, 2.05) is 0 Å². The van der Waals surface area contributed by atoms with E-state index in [0.29, 0.717) is 22.7 Å². The summed E-state index contributed by atoms with van der Waals surface area (Å²) in [6.45, 7) is 1.84. The number of amides is 1. The third kappa shape index (κ3) is 4.63. The van der Waals surface area contributed by atoms with Gasteiger partial charge in [0.25, 0.3) is 5.91 Å². The van der Waals surface area contributed by atoms with Crippen molar-refractivity contribution in [3.8, 4) is 5.75 Å². The predicted molar refractivity (Wildman–Crippen MR) is 82.9 cm³/mol. The smallest absolute Gasteiger partial charge is 0.344 e. The molecule has 0 spiro atoms. The van der Waals surface area contributed by atoms with Crippen LogP contribution in [-0.2, 0) is 9.53 Å². The van der Waals surface area contributed by atoms with Crippen molar-refractivity contribution in [1.82, 2.24) is 0 Å². The van der Waals surface area contributed by atoms with Gasteiger partial charge >= 0.3 is 5.97 Å². The lowest BCUT2D eigenvalue weighted by Gasteiger charge is -2.08. The van der Waals surface area contributed by atoms with Gasteiger partial charge < -0.3 is 19.2 Å². The zero-order valence-corrected chi connectivity index (χ0v) is 13.4. The molecule has 0 aliphatic rings. The number of rotatable bonds is 6. The number of hydrogen-bond donors (Lipinski definition) is 1. The lowest BCUT2D eigenvalue weighted by atomic mass is 10.3. The molecule has 22 heavy (non-hydrogen) atoms. The number of benzene rings is 1. The van der Waals surface area contributed by atoms with Crippen LogP contribution in [0.4, 0.5) is 5.69 Å². The second-order valence-electron chi connectivity index (χ2n) is 4.18. The maximum atomic E-state index is 11.9. The molecule has 2 rings (SSSR count). The summed E-state index contributed by atoms with van der Waals surface area (Å²) in [4.78, 5) is 23.2. The van der Waals surface area contributed by atoms with Crippen molar-refractivity contribution in [3.05, 3.63) is 46.8 Å². The molecule has 7 heteroatoms. The van der Waals surface area contributed by atoms with Gasteiger partial charge in [0, 0.05) is 11.8 Å². The Labute approximate surface area is 135 Å². The Bertz CT molecular complexity index is 667. The highest BCUT2D eigenvalue weighted by Gasteiger charge is 2.11. The first-order valence-electron chi connectivity index (χ1n) is 6.53. The number of ether oxygens (including phenoxy) is 2. The molecule has 1 amide bonds. The van der Waals surface area contributed by atoms with E-state index in [-0.39, 0.29) is 18.3 Å². The third-order valence-corrected chi connectivity index (χ3v) is 2.98. The number of anilines is 1. The zero-order chi connectivity index (χ0) is 15.9. The number of carbonyl (C=O) groups excluding carboxylic acids is 2. The summed E-state index contributed by atoms with van der Waals surface area (Å²) < 4.78 is 15.7. The molecular weight excluding hydrogens is 354 g/mol. The van der Waals surface area contributed by atoms with Gasteiger partial charge in [-0.05, 0) is 47.1 Å². The van der Waals surface area contributed by atoms with Crippen molar-refractivity contribution in [1.29, 1.82) is 0 Å². The second-order valence-corrected chi connectivity index (χ2v) is 4.96. The van der Waals surface area contributed by atoms with Crippen molar-refractivity contribution in [3.63, 3.8) is 0 Å². The van der Waals surface area contributed by atoms with Gasteiger partial charge in [0.2, 0.25) is 0 Å². The van der Waals surface area contributed by atoms with Gasteiger partial charge in [0.15, 0.2) is 17.0 Å². The van der Waals surface area contributed by atoms with Crippen LogP contribution >= 0.6 is 15.9 Å². The van der Waals surface area contributed by atoms with E-state index < -0.39 is 5.97 Å². The Morgan fingerprint density at radius 1 is 1.27 bits per heavy atom. The van der Waals surface area contributed by atoms with E-state index in [1.54, 1.807) is 43.3 Å². The van der Waals surface area contributed by atoms with Crippen molar-refractivity contribution < 1.29 is 23.5 Å². The molecule has 2 aromatic rings. The number of esters is 1. The molecule has 0 fully saturated rings. The van der Waals surface area contributed by atoms with Gasteiger partial charge in [0.1, 0.15) is 5.75 Å². The molecule has 6 nitrogen and oxygen atoms in total. The van der Waals surface area contributed by atoms with Crippen LogP contribution < -0.4 is 10.1 Å². The van der Waals surface area contributed by atoms with Crippen LogP contribution in [0.25, 0.3) is 0 Å². The van der Waals surface area contributed by atoms with Gasteiger partial charge in [0.05, 0.1) is 6.61 Å². The number of furan rings is 1. The third-order valence-electron chi connectivity index (χ3n) is 2.55.